The van der Waals surface area contributed by atoms with Crippen molar-refractivity contribution in [1.82, 2.24) is 15.5 Å². The highest BCUT2D eigenvalue weighted by atomic mass is 16.2. The smallest absolute Gasteiger partial charge is 0.262 e. The van der Waals surface area contributed by atoms with Gasteiger partial charge in [0.2, 0.25) is 17.7 Å². The zero-order valence-corrected chi connectivity index (χ0v) is 16.7. The minimum Gasteiger partial charge on any atom is -0.356 e. The number of aryl methyl sites for hydroxylation is 1. The van der Waals surface area contributed by atoms with Gasteiger partial charge < -0.3 is 5.32 Å². The van der Waals surface area contributed by atoms with Crippen LogP contribution in [-0.2, 0) is 20.8 Å². The van der Waals surface area contributed by atoms with Gasteiger partial charge in [-0.1, -0.05) is 25.0 Å². The van der Waals surface area contributed by atoms with Crippen molar-refractivity contribution in [3.63, 3.8) is 0 Å². The molecule has 3 aliphatic rings. The third-order valence-corrected chi connectivity index (χ3v) is 6.20. The molecule has 1 aromatic carbocycles. The van der Waals surface area contributed by atoms with Crippen molar-refractivity contribution in [2.75, 3.05) is 6.54 Å². The Morgan fingerprint density at radius 2 is 1.83 bits per heavy atom. The molecule has 0 bridgehead atoms. The van der Waals surface area contributed by atoms with Crippen LogP contribution in [0.15, 0.2) is 18.2 Å². The van der Waals surface area contributed by atoms with Crippen LogP contribution in [0.3, 0.4) is 0 Å². The molecule has 8 nitrogen and oxygen atoms in total. The van der Waals surface area contributed by atoms with E-state index in [2.05, 4.69) is 10.6 Å². The molecule has 2 fully saturated rings. The van der Waals surface area contributed by atoms with E-state index in [9.17, 15) is 24.0 Å². The second-order valence-electron chi connectivity index (χ2n) is 8.16. The molecule has 1 aliphatic carbocycles. The summed E-state index contributed by atoms with van der Waals surface area (Å²) < 4.78 is 0. The minimum absolute atomic E-state index is 0.0946. The zero-order chi connectivity index (χ0) is 21.3. The van der Waals surface area contributed by atoms with Crippen LogP contribution in [0.25, 0.3) is 0 Å². The lowest BCUT2D eigenvalue weighted by atomic mass is 9.99. The molecule has 2 aliphatic heterocycles. The highest BCUT2D eigenvalue weighted by molar-refractivity contribution is 6.24. The van der Waals surface area contributed by atoms with Gasteiger partial charge in [0.15, 0.2) is 0 Å². The lowest BCUT2D eigenvalue weighted by Crippen LogP contribution is -2.54. The standard InChI is InChI=1S/C22H25N3O5/c26-17-11-10-16(20(28)24-17)25-21(29)15-9-3-7-13(18(15)22(25)30)8-4-12-23-19(27)14-5-1-2-6-14/h3,7,9,14,16H,1-2,4-6,8,10-12H2,(H,23,27)(H,24,26,28). The maximum Gasteiger partial charge on any atom is 0.262 e. The molecule has 4 rings (SSSR count). The molecule has 158 valence electrons. The molecule has 1 aromatic rings. The first kappa shape index (κ1) is 20.3. The number of hydrogen-bond donors (Lipinski definition) is 2. The average Bonchev–Trinajstić information content (AvgIpc) is 3.34. The van der Waals surface area contributed by atoms with Crippen LogP contribution in [0.4, 0.5) is 0 Å². The van der Waals surface area contributed by atoms with Crippen molar-refractivity contribution in [3.8, 4) is 0 Å². The van der Waals surface area contributed by atoms with Crippen LogP contribution in [0.5, 0.6) is 0 Å². The molecule has 0 spiro atoms. The fourth-order valence-corrected chi connectivity index (χ4v) is 4.62. The summed E-state index contributed by atoms with van der Waals surface area (Å²) in [7, 11) is 0. The largest absolute Gasteiger partial charge is 0.356 e. The quantitative estimate of drug-likeness (QED) is 0.542. The third-order valence-electron chi connectivity index (χ3n) is 6.20. The lowest BCUT2D eigenvalue weighted by Gasteiger charge is -2.27. The number of carbonyl (C=O) groups is 5. The molecule has 1 saturated carbocycles. The normalized spacial score (nSPS) is 21.7. The lowest BCUT2D eigenvalue weighted by molar-refractivity contribution is -0.136. The monoisotopic (exact) mass is 411 g/mol. The maximum atomic E-state index is 13.0. The zero-order valence-electron chi connectivity index (χ0n) is 16.7. The molecule has 30 heavy (non-hydrogen) atoms. The van der Waals surface area contributed by atoms with E-state index in [1.807, 2.05) is 0 Å². The fraction of sp³-hybridized carbons (Fsp3) is 0.500. The first-order valence-electron chi connectivity index (χ1n) is 10.6. The van der Waals surface area contributed by atoms with E-state index in [0.717, 1.165) is 36.1 Å². The Bertz CT molecular complexity index is 919. The van der Waals surface area contributed by atoms with Crippen LogP contribution in [0, 0.1) is 5.92 Å². The van der Waals surface area contributed by atoms with E-state index < -0.39 is 29.7 Å². The summed E-state index contributed by atoms with van der Waals surface area (Å²) in [6, 6.07) is 4.15. The Morgan fingerprint density at radius 3 is 2.57 bits per heavy atom. The van der Waals surface area contributed by atoms with Gasteiger partial charge in [-0.15, -0.1) is 0 Å². The SMILES string of the molecule is O=C1CCC(N2C(=O)c3cccc(CCCNC(=O)C4CCCC4)c3C2=O)C(=O)N1. The van der Waals surface area contributed by atoms with E-state index in [1.54, 1.807) is 18.2 Å². The van der Waals surface area contributed by atoms with Crippen molar-refractivity contribution >= 4 is 29.5 Å². The van der Waals surface area contributed by atoms with E-state index in [0.29, 0.717) is 24.9 Å². The van der Waals surface area contributed by atoms with E-state index in [-0.39, 0.29) is 30.2 Å². The van der Waals surface area contributed by atoms with Crippen molar-refractivity contribution < 1.29 is 24.0 Å². The van der Waals surface area contributed by atoms with Crippen LogP contribution in [0.1, 0.15) is 71.2 Å². The van der Waals surface area contributed by atoms with E-state index >= 15 is 0 Å². The van der Waals surface area contributed by atoms with Crippen LogP contribution >= 0.6 is 0 Å². The van der Waals surface area contributed by atoms with E-state index in [1.165, 1.54) is 0 Å². The minimum atomic E-state index is -0.964. The fourth-order valence-electron chi connectivity index (χ4n) is 4.62. The molecule has 8 heteroatoms. The summed E-state index contributed by atoms with van der Waals surface area (Å²) in [5.41, 5.74) is 1.35. The van der Waals surface area contributed by atoms with Gasteiger partial charge in [-0.05, 0) is 43.7 Å². The topological polar surface area (TPSA) is 113 Å². The number of hydrogen-bond acceptors (Lipinski definition) is 5. The molecule has 0 aromatic heterocycles. The Hall–Kier alpha value is -3.03. The Kier molecular flexibility index (Phi) is 5.65. The van der Waals surface area contributed by atoms with Crippen molar-refractivity contribution in [2.45, 2.75) is 57.4 Å². The number of carbonyl (C=O) groups excluding carboxylic acids is 5. The van der Waals surface area contributed by atoms with Gasteiger partial charge in [0.1, 0.15) is 6.04 Å². The third kappa shape index (κ3) is 3.74. The number of imide groups is 2. The van der Waals surface area contributed by atoms with Crippen LogP contribution in [0.2, 0.25) is 0 Å². The maximum absolute atomic E-state index is 13.0. The molecule has 1 unspecified atom stereocenters. The number of rotatable bonds is 6. The predicted molar refractivity (Wildman–Crippen MR) is 106 cm³/mol. The molecule has 0 radical (unpaired) electrons. The molecular weight excluding hydrogens is 386 g/mol. The Morgan fingerprint density at radius 1 is 1.07 bits per heavy atom. The molecule has 2 heterocycles. The number of fused-ring (bicyclic) bond motifs is 1. The van der Waals surface area contributed by atoms with E-state index in [4.69, 9.17) is 0 Å². The second kappa shape index (κ2) is 8.38. The molecule has 1 atom stereocenters. The summed E-state index contributed by atoms with van der Waals surface area (Å²) in [6.07, 6.45) is 5.53. The van der Waals surface area contributed by atoms with Crippen LogP contribution < -0.4 is 10.6 Å². The highest BCUT2D eigenvalue weighted by Gasteiger charge is 2.45. The summed E-state index contributed by atoms with van der Waals surface area (Å²) in [5, 5.41) is 5.17. The number of piperidine rings is 1. The number of nitrogens with zero attached hydrogens (tertiary/aromatic N) is 1. The second-order valence-corrected chi connectivity index (χ2v) is 8.16. The summed E-state index contributed by atoms with van der Waals surface area (Å²) in [5.74, 6) is -1.78. The van der Waals surface area contributed by atoms with Gasteiger partial charge in [0, 0.05) is 18.9 Å². The van der Waals surface area contributed by atoms with Gasteiger partial charge >= 0.3 is 0 Å². The summed E-state index contributed by atoms with van der Waals surface area (Å²) >= 11 is 0. The Balaban J connectivity index is 1.42. The highest BCUT2D eigenvalue weighted by Crippen LogP contribution is 2.30. The van der Waals surface area contributed by atoms with Crippen LogP contribution in [-0.4, -0.2) is 47.0 Å². The number of benzene rings is 1. The summed E-state index contributed by atoms with van der Waals surface area (Å²) in [4.78, 5) is 62.6. The van der Waals surface area contributed by atoms with Gasteiger partial charge in [-0.2, -0.15) is 0 Å². The van der Waals surface area contributed by atoms with Gasteiger partial charge in [0.25, 0.3) is 11.8 Å². The Labute approximate surface area is 174 Å². The average molecular weight is 411 g/mol. The molecular formula is C22H25N3O5. The molecule has 2 N–H and O–H groups in total. The van der Waals surface area contributed by atoms with Crippen molar-refractivity contribution in [2.24, 2.45) is 5.92 Å². The summed E-state index contributed by atoms with van der Waals surface area (Å²) in [6.45, 7) is 0.512. The first-order valence-corrected chi connectivity index (χ1v) is 10.6. The predicted octanol–water partition coefficient (Wildman–Crippen LogP) is 1.33. The van der Waals surface area contributed by atoms with Gasteiger partial charge in [-0.3, -0.25) is 34.2 Å². The molecule has 5 amide bonds. The number of amides is 5. The molecule has 1 saturated heterocycles. The van der Waals surface area contributed by atoms with Crippen molar-refractivity contribution in [1.29, 1.82) is 0 Å². The van der Waals surface area contributed by atoms with Gasteiger partial charge in [-0.25, -0.2) is 0 Å². The van der Waals surface area contributed by atoms with Crippen molar-refractivity contribution in [3.05, 3.63) is 34.9 Å². The van der Waals surface area contributed by atoms with Gasteiger partial charge in [0.05, 0.1) is 11.1 Å². The number of nitrogens with one attached hydrogen (secondary N) is 2. The first-order chi connectivity index (χ1) is 14.5.